The van der Waals surface area contributed by atoms with Crippen LogP contribution in [0.4, 0.5) is 39.8 Å². The SMILES string of the molecule is CC(C)(C)c1cc(N2CN(c3cc(C(C)(C)c4ccccc4)cc(C(C)(C)c4ccccc4)c3)c3ccccc32)cc(N(c2ccccc2)c2ccc3c4cc(C(C)(C)C)ccc4n(-c4cc(C(C)(C)C)ccn4)c3c2)c1. The number of fused-ring (bicyclic) bond motifs is 4. The summed E-state index contributed by atoms with van der Waals surface area (Å²) in [7, 11) is 0. The smallest absolute Gasteiger partial charge is 0.137 e. The van der Waals surface area contributed by atoms with E-state index in [-0.39, 0.29) is 27.1 Å². The Morgan fingerprint density at radius 2 is 0.857 bits per heavy atom. The Morgan fingerprint density at radius 1 is 0.351 bits per heavy atom. The van der Waals surface area contributed by atoms with Crippen LogP contribution in [0.3, 0.4) is 0 Å². The van der Waals surface area contributed by atoms with Crippen LogP contribution < -0.4 is 14.7 Å². The van der Waals surface area contributed by atoms with Crippen molar-refractivity contribution in [2.75, 3.05) is 21.4 Å². The molecule has 0 N–H and O–H groups in total. The van der Waals surface area contributed by atoms with E-state index in [1.165, 1.54) is 66.8 Å². The highest BCUT2D eigenvalue weighted by molar-refractivity contribution is 6.10. The van der Waals surface area contributed by atoms with E-state index in [0.717, 1.165) is 39.6 Å². The third kappa shape index (κ3) is 9.49. The second-order valence-corrected chi connectivity index (χ2v) is 25.6. The van der Waals surface area contributed by atoms with E-state index in [0.29, 0.717) is 6.67 Å². The van der Waals surface area contributed by atoms with Gasteiger partial charge in [0.05, 0.1) is 22.4 Å². The minimum atomic E-state index is -0.256. The van der Waals surface area contributed by atoms with Crippen LogP contribution in [0, 0.1) is 0 Å². The quantitative estimate of drug-likeness (QED) is 0.136. The maximum absolute atomic E-state index is 5.10. The second kappa shape index (κ2) is 19.0. The Hall–Kier alpha value is -7.89. The Labute approximate surface area is 458 Å². The first-order valence-corrected chi connectivity index (χ1v) is 27.5. The average Bonchev–Trinajstić information content (AvgIpc) is 3.98. The number of benzene rings is 8. The highest BCUT2D eigenvalue weighted by Gasteiger charge is 2.34. The van der Waals surface area contributed by atoms with E-state index in [4.69, 9.17) is 4.98 Å². The lowest BCUT2D eigenvalue weighted by atomic mass is 9.73. The van der Waals surface area contributed by atoms with Crippen LogP contribution in [0.15, 0.2) is 206 Å². The van der Waals surface area contributed by atoms with Crippen molar-refractivity contribution in [3.05, 3.63) is 245 Å². The molecular weight excluding hydrogens is 935 g/mol. The molecule has 0 saturated heterocycles. The van der Waals surface area contributed by atoms with Gasteiger partial charge < -0.3 is 14.7 Å². The maximum atomic E-state index is 5.10. The number of rotatable bonds is 10. The monoisotopic (exact) mass is 1010 g/mol. The summed E-state index contributed by atoms with van der Waals surface area (Å²) in [4.78, 5) is 12.6. The fraction of sp³-hybridized carbons (Fsp3) is 0.264. The highest BCUT2D eigenvalue weighted by atomic mass is 15.4. The Morgan fingerprint density at radius 3 is 1.42 bits per heavy atom. The standard InChI is InChI=1S/C72H75N5/c1-68(2,3)51-33-36-63-62(44-51)61-35-34-57(47-66(61)77(63)67-45-52(37-38-73-67)69(4,5)6)76(56-29-21-16-22-30-56)60-41-53(70(7,8)9)40-59(46-60)75-48-74(64-31-23-24-32-65(64)75)58-42-54(71(10,11)49-25-17-14-18-26-49)39-55(43-58)72(12,13)50-27-19-15-20-28-50/h14-47H,48H2,1-13H3. The largest absolute Gasteiger partial charge is 0.321 e. The molecule has 5 nitrogen and oxygen atoms in total. The first kappa shape index (κ1) is 51.2. The zero-order valence-electron chi connectivity index (χ0n) is 47.6. The van der Waals surface area contributed by atoms with Gasteiger partial charge in [0.2, 0.25) is 0 Å². The lowest BCUT2D eigenvalue weighted by molar-refractivity contribution is 0.588. The van der Waals surface area contributed by atoms with Crippen molar-refractivity contribution in [2.45, 2.75) is 117 Å². The molecule has 0 amide bonds. The van der Waals surface area contributed by atoms with Gasteiger partial charge in [0.15, 0.2) is 0 Å². The van der Waals surface area contributed by atoms with Crippen LogP contribution in [0.2, 0.25) is 0 Å². The number of hydrogen-bond donors (Lipinski definition) is 0. The van der Waals surface area contributed by atoms with Crippen molar-refractivity contribution >= 4 is 61.6 Å². The fourth-order valence-corrected chi connectivity index (χ4v) is 11.4. The molecule has 388 valence electrons. The molecule has 0 bridgehead atoms. The second-order valence-electron chi connectivity index (χ2n) is 25.6. The molecule has 2 aromatic heterocycles. The maximum Gasteiger partial charge on any atom is 0.137 e. The van der Waals surface area contributed by atoms with E-state index in [9.17, 15) is 0 Å². The van der Waals surface area contributed by atoms with E-state index in [2.05, 4.69) is 309 Å². The van der Waals surface area contributed by atoms with Crippen molar-refractivity contribution < 1.29 is 0 Å². The van der Waals surface area contributed by atoms with Gasteiger partial charge in [0, 0.05) is 56.2 Å². The molecule has 77 heavy (non-hydrogen) atoms. The predicted octanol–water partition coefficient (Wildman–Crippen LogP) is 19.4. The molecular formula is C72H75N5. The van der Waals surface area contributed by atoms with Gasteiger partial charge in [0.1, 0.15) is 12.5 Å². The van der Waals surface area contributed by atoms with Crippen molar-refractivity contribution in [2.24, 2.45) is 0 Å². The van der Waals surface area contributed by atoms with Crippen LogP contribution in [0.5, 0.6) is 0 Å². The molecule has 0 saturated carbocycles. The van der Waals surface area contributed by atoms with Gasteiger partial charge in [-0.1, -0.05) is 199 Å². The third-order valence-electron chi connectivity index (χ3n) is 16.5. The van der Waals surface area contributed by atoms with Crippen LogP contribution in [-0.2, 0) is 27.1 Å². The van der Waals surface area contributed by atoms with Crippen molar-refractivity contribution in [1.29, 1.82) is 0 Å². The molecule has 5 heteroatoms. The third-order valence-corrected chi connectivity index (χ3v) is 16.5. The van der Waals surface area contributed by atoms with Crippen LogP contribution in [0.25, 0.3) is 27.6 Å². The normalized spacial score (nSPS) is 13.4. The molecule has 0 radical (unpaired) electrons. The minimum absolute atomic E-state index is 0.00866. The summed E-state index contributed by atoms with van der Waals surface area (Å²) >= 11 is 0. The minimum Gasteiger partial charge on any atom is -0.321 e. The zero-order valence-corrected chi connectivity index (χ0v) is 47.6. The van der Waals surface area contributed by atoms with Gasteiger partial charge in [-0.15, -0.1) is 0 Å². The van der Waals surface area contributed by atoms with E-state index < -0.39 is 0 Å². The molecule has 0 unspecified atom stereocenters. The molecule has 8 aromatic carbocycles. The summed E-state index contributed by atoms with van der Waals surface area (Å²) in [5.41, 5.74) is 18.5. The van der Waals surface area contributed by atoms with Crippen molar-refractivity contribution in [1.82, 2.24) is 9.55 Å². The molecule has 10 aromatic rings. The number of anilines is 7. The molecule has 0 spiro atoms. The van der Waals surface area contributed by atoms with Gasteiger partial charge in [-0.3, -0.25) is 4.57 Å². The molecule has 0 fully saturated rings. The Bertz CT molecular complexity index is 3720. The average molecular weight is 1010 g/mol. The molecule has 0 aliphatic carbocycles. The van der Waals surface area contributed by atoms with Gasteiger partial charge in [0.25, 0.3) is 0 Å². The van der Waals surface area contributed by atoms with E-state index >= 15 is 0 Å². The zero-order chi connectivity index (χ0) is 54.2. The summed E-state index contributed by atoms with van der Waals surface area (Å²) < 4.78 is 2.38. The lowest BCUT2D eigenvalue weighted by Crippen LogP contribution is -2.27. The van der Waals surface area contributed by atoms with Crippen molar-refractivity contribution in [3.8, 4) is 5.82 Å². The van der Waals surface area contributed by atoms with Crippen LogP contribution in [-0.4, -0.2) is 16.2 Å². The molecule has 11 rings (SSSR count). The highest BCUT2D eigenvalue weighted by Crippen LogP contribution is 2.50. The van der Waals surface area contributed by atoms with E-state index in [1.807, 2.05) is 6.20 Å². The molecule has 3 heterocycles. The van der Waals surface area contributed by atoms with E-state index in [1.54, 1.807) is 0 Å². The summed E-state index contributed by atoms with van der Waals surface area (Å²) in [6, 6.07) is 74.8. The molecule has 1 aliphatic heterocycles. The molecule has 0 atom stereocenters. The van der Waals surface area contributed by atoms with Gasteiger partial charge in [-0.05, 0) is 146 Å². The molecule has 1 aliphatic rings. The lowest BCUT2D eigenvalue weighted by Gasteiger charge is -2.33. The van der Waals surface area contributed by atoms with Gasteiger partial charge in [-0.2, -0.15) is 0 Å². The van der Waals surface area contributed by atoms with Crippen LogP contribution >= 0.6 is 0 Å². The first-order chi connectivity index (χ1) is 36.6. The number of nitrogens with zero attached hydrogens (tertiary/aromatic N) is 5. The number of pyridine rings is 1. The van der Waals surface area contributed by atoms with Crippen LogP contribution in [0.1, 0.15) is 129 Å². The van der Waals surface area contributed by atoms with Crippen molar-refractivity contribution in [3.63, 3.8) is 0 Å². The predicted molar refractivity (Wildman–Crippen MR) is 329 cm³/mol. The van der Waals surface area contributed by atoms with Gasteiger partial charge >= 0.3 is 0 Å². The first-order valence-electron chi connectivity index (χ1n) is 27.5. The number of para-hydroxylation sites is 3. The summed E-state index contributed by atoms with van der Waals surface area (Å²) in [6.07, 6.45) is 1.97. The number of hydrogen-bond acceptors (Lipinski definition) is 4. The summed E-state index contributed by atoms with van der Waals surface area (Å²) in [5, 5.41) is 2.43. The Balaban J connectivity index is 1.09. The summed E-state index contributed by atoms with van der Waals surface area (Å²) in [6.45, 7) is 30.8. The fourth-order valence-electron chi connectivity index (χ4n) is 11.4. The topological polar surface area (TPSA) is 27.5 Å². The summed E-state index contributed by atoms with van der Waals surface area (Å²) in [5.74, 6) is 0.920. The Kier molecular flexibility index (Phi) is 12.6. The number of aromatic nitrogens is 2. The van der Waals surface area contributed by atoms with Gasteiger partial charge in [-0.25, -0.2) is 4.98 Å².